The van der Waals surface area contributed by atoms with Crippen molar-refractivity contribution in [3.8, 4) is 0 Å². The predicted molar refractivity (Wildman–Crippen MR) is 307 cm³/mol. The molecule has 0 aromatic carbocycles. The molecule has 0 aliphatic carbocycles. The van der Waals surface area contributed by atoms with Crippen LogP contribution < -0.4 is 0 Å². The quantitative estimate of drug-likeness (QED) is 0.0342. The van der Waals surface area contributed by atoms with Crippen LogP contribution in [0.25, 0.3) is 0 Å². The molecule has 0 radical (unpaired) electrons. The highest BCUT2D eigenvalue weighted by molar-refractivity contribution is 4.90. The Morgan fingerprint density at radius 2 is 0.437 bits per heavy atom. The van der Waals surface area contributed by atoms with E-state index in [0.717, 1.165) is 90.6 Å². The SMILES string of the molecule is CCCCCCCCCOC(CCC=CC(OCCCCCCCC)OC(C=CCCC(OCCCCCCCCC)OCCCCCCCCC)OCCCCCCCC)OCCCCCCCCC. The minimum Gasteiger partial charge on any atom is -0.353 e. The van der Waals surface area contributed by atoms with E-state index in [1.54, 1.807) is 0 Å². The first-order chi connectivity index (χ1) is 35.1. The van der Waals surface area contributed by atoms with Crippen molar-refractivity contribution in [1.82, 2.24) is 0 Å². The Labute approximate surface area is 444 Å². The van der Waals surface area contributed by atoms with Crippen molar-refractivity contribution in [2.75, 3.05) is 39.6 Å². The Balaban J connectivity index is 5.82. The first-order valence-electron chi connectivity index (χ1n) is 31.8. The van der Waals surface area contributed by atoms with Gasteiger partial charge in [-0.15, -0.1) is 0 Å². The van der Waals surface area contributed by atoms with Crippen LogP contribution in [0.1, 0.15) is 324 Å². The van der Waals surface area contributed by atoms with E-state index in [0.29, 0.717) is 13.2 Å². The second-order valence-electron chi connectivity index (χ2n) is 21.0. The Hall–Kier alpha value is -0.800. The minimum atomic E-state index is -0.492. The molecule has 0 heterocycles. The van der Waals surface area contributed by atoms with Gasteiger partial charge in [-0.1, -0.05) is 272 Å². The molecule has 7 heteroatoms. The van der Waals surface area contributed by atoms with Gasteiger partial charge < -0.3 is 33.2 Å². The van der Waals surface area contributed by atoms with Gasteiger partial charge in [0.15, 0.2) is 25.2 Å². The van der Waals surface area contributed by atoms with Gasteiger partial charge in [0, 0.05) is 39.3 Å². The molecular weight excluding hydrogens is 881 g/mol. The molecule has 2 atom stereocenters. The van der Waals surface area contributed by atoms with Gasteiger partial charge in [0.2, 0.25) is 0 Å². The molecule has 0 rings (SSSR count). The smallest absolute Gasteiger partial charge is 0.180 e. The Morgan fingerprint density at radius 1 is 0.239 bits per heavy atom. The minimum absolute atomic E-state index is 0.178. The first kappa shape index (κ1) is 70.2. The zero-order valence-electron chi connectivity index (χ0n) is 48.8. The van der Waals surface area contributed by atoms with Crippen LogP contribution in [-0.4, -0.2) is 64.8 Å². The van der Waals surface area contributed by atoms with Gasteiger partial charge in [0.05, 0.1) is 13.2 Å². The van der Waals surface area contributed by atoms with E-state index >= 15 is 0 Å². The highest BCUT2D eigenvalue weighted by atomic mass is 16.8. The number of allylic oxidation sites excluding steroid dienone is 2. The summed E-state index contributed by atoms with van der Waals surface area (Å²) in [6.07, 6.45) is 61.3. The number of hydrogen-bond acceptors (Lipinski definition) is 7. The fourth-order valence-electron chi connectivity index (χ4n) is 8.98. The van der Waals surface area contributed by atoms with E-state index in [4.69, 9.17) is 33.2 Å². The van der Waals surface area contributed by atoms with Gasteiger partial charge >= 0.3 is 0 Å². The van der Waals surface area contributed by atoms with Gasteiger partial charge in [-0.05, 0) is 63.5 Å². The second kappa shape index (κ2) is 61.7. The third kappa shape index (κ3) is 55.3. The van der Waals surface area contributed by atoms with Crippen molar-refractivity contribution in [1.29, 1.82) is 0 Å². The Kier molecular flexibility index (Phi) is 61.0. The maximum absolute atomic E-state index is 6.72. The van der Waals surface area contributed by atoms with Gasteiger partial charge in [-0.2, -0.15) is 0 Å². The lowest BCUT2D eigenvalue weighted by molar-refractivity contribution is -0.208. The average molecular weight is 1010 g/mol. The summed E-state index contributed by atoms with van der Waals surface area (Å²) in [5.74, 6) is 0. The average Bonchev–Trinajstić information content (AvgIpc) is 3.38. The molecule has 0 bridgehead atoms. The second-order valence-corrected chi connectivity index (χ2v) is 21.0. The molecule has 0 amide bonds. The summed E-state index contributed by atoms with van der Waals surface area (Å²) >= 11 is 0. The summed E-state index contributed by atoms with van der Waals surface area (Å²) in [5, 5.41) is 0. The highest BCUT2D eigenvalue weighted by Gasteiger charge is 2.16. The van der Waals surface area contributed by atoms with Crippen molar-refractivity contribution >= 4 is 0 Å². The molecule has 0 aromatic rings. The fourth-order valence-corrected chi connectivity index (χ4v) is 8.98. The molecule has 0 saturated carbocycles. The molecule has 71 heavy (non-hydrogen) atoms. The van der Waals surface area contributed by atoms with Gasteiger partial charge in [-0.3, -0.25) is 0 Å². The lowest BCUT2D eigenvalue weighted by Gasteiger charge is -2.22. The molecule has 7 nitrogen and oxygen atoms in total. The van der Waals surface area contributed by atoms with Gasteiger partial charge in [0.1, 0.15) is 0 Å². The van der Waals surface area contributed by atoms with Gasteiger partial charge in [0.25, 0.3) is 0 Å². The summed E-state index contributed by atoms with van der Waals surface area (Å²) < 4.78 is 45.4. The number of rotatable bonds is 62. The first-order valence-corrected chi connectivity index (χ1v) is 31.8. The molecule has 2 unspecified atom stereocenters. The van der Waals surface area contributed by atoms with Crippen LogP contribution in [-0.2, 0) is 33.2 Å². The van der Waals surface area contributed by atoms with Crippen molar-refractivity contribution in [3.63, 3.8) is 0 Å². The molecule has 0 aliphatic rings. The van der Waals surface area contributed by atoms with E-state index in [-0.39, 0.29) is 12.6 Å². The summed E-state index contributed by atoms with van der Waals surface area (Å²) in [4.78, 5) is 0. The third-order valence-corrected chi connectivity index (χ3v) is 13.8. The molecule has 0 saturated heterocycles. The lowest BCUT2D eigenvalue weighted by Crippen LogP contribution is -2.25. The molecule has 0 aromatic heterocycles. The van der Waals surface area contributed by atoms with E-state index in [2.05, 4.69) is 65.8 Å². The Morgan fingerprint density at radius 3 is 0.662 bits per heavy atom. The lowest BCUT2D eigenvalue weighted by atomic mass is 10.1. The standard InChI is InChI=1S/C64H126O7/c1-7-13-19-25-31-37-45-55-65-61(66-56-46-38-32-26-20-14-8-2)51-41-43-53-63(69-59-49-35-29-23-17-11-5)71-64(70-60-50-36-30-24-18-12-6)54-44-42-52-62(67-57-47-39-33-27-21-15-9-3)68-58-48-40-34-28-22-16-10-4/h43-44,53-54,61-64H,7-42,45-52,55-60H2,1-6H3. The van der Waals surface area contributed by atoms with Crippen molar-refractivity contribution in [2.24, 2.45) is 0 Å². The molecule has 0 spiro atoms. The zero-order valence-corrected chi connectivity index (χ0v) is 48.8. The monoisotopic (exact) mass is 1010 g/mol. The van der Waals surface area contributed by atoms with Crippen LogP contribution >= 0.6 is 0 Å². The number of hydrogen-bond donors (Lipinski definition) is 0. The van der Waals surface area contributed by atoms with Crippen LogP contribution in [0.15, 0.2) is 24.3 Å². The molecule has 424 valence electrons. The topological polar surface area (TPSA) is 64.6 Å². The van der Waals surface area contributed by atoms with Crippen LogP contribution in [0.4, 0.5) is 0 Å². The van der Waals surface area contributed by atoms with Crippen LogP contribution in [0.5, 0.6) is 0 Å². The van der Waals surface area contributed by atoms with E-state index in [9.17, 15) is 0 Å². The predicted octanol–water partition coefficient (Wildman–Crippen LogP) is 20.8. The highest BCUT2D eigenvalue weighted by Crippen LogP contribution is 2.18. The van der Waals surface area contributed by atoms with Crippen LogP contribution in [0.2, 0.25) is 0 Å². The molecule has 0 N–H and O–H groups in total. The molecule has 0 aliphatic heterocycles. The maximum atomic E-state index is 6.72. The van der Waals surface area contributed by atoms with E-state index < -0.39 is 12.6 Å². The van der Waals surface area contributed by atoms with Crippen LogP contribution in [0.3, 0.4) is 0 Å². The summed E-state index contributed by atoms with van der Waals surface area (Å²) in [5.41, 5.74) is 0. The van der Waals surface area contributed by atoms with Crippen LogP contribution in [0, 0.1) is 0 Å². The summed E-state index contributed by atoms with van der Waals surface area (Å²) in [6.45, 7) is 18.1. The van der Waals surface area contributed by atoms with Crippen molar-refractivity contribution in [3.05, 3.63) is 24.3 Å². The third-order valence-electron chi connectivity index (χ3n) is 13.8. The summed E-state index contributed by atoms with van der Waals surface area (Å²) in [7, 11) is 0. The van der Waals surface area contributed by atoms with E-state index in [1.165, 1.54) is 218 Å². The van der Waals surface area contributed by atoms with Gasteiger partial charge in [-0.25, -0.2) is 0 Å². The number of unbranched alkanes of at least 4 members (excludes halogenated alkanes) is 34. The molecular formula is C64H126O7. The maximum Gasteiger partial charge on any atom is 0.180 e. The Bertz CT molecular complexity index is 903. The fraction of sp³-hybridized carbons (Fsp3) is 0.938. The summed E-state index contributed by atoms with van der Waals surface area (Å²) in [6, 6.07) is 0. The normalized spacial score (nSPS) is 13.1. The number of ether oxygens (including phenoxy) is 7. The van der Waals surface area contributed by atoms with Crippen molar-refractivity contribution < 1.29 is 33.2 Å². The zero-order chi connectivity index (χ0) is 51.4. The largest absolute Gasteiger partial charge is 0.353 e. The van der Waals surface area contributed by atoms with E-state index in [1.807, 2.05) is 0 Å². The van der Waals surface area contributed by atoms with Crippen molar-refractivity contribution in [2.45, 2.75) is 349 Å². The molecule has 0 fully saturated rings.